The van der Waals surface area contributed by atoms with E-state index in [0.29, 0.717) is 23.5 Å². The molecule has 0 heterocycles. The summed E-state index contributed by atoms with van der Waals surface area (Å²) in [5, 5.41) is 2.62. The smallest absolute Gasteiger partial charge is 0.255 e. The van der Waals surface area contributed by atoms with E-state index in [0.717, 1.165) is 0 Å². The lowest BCUT2D eigenvalue weighted by atomic mass is 10.1. The molecule has 1 aromatic carbocycles. The zero-order valence-corrected chi connectivity index (χ0v) is 11.5. The lowest BCUT2D eigenvalue weighted by Crippen LogP contribution is -2.32. The number of rotatable bonds is 5. The van der Waals surface area contributed by atoms with Crippen molar-refractivity contribution in [2.45, 2.75) is 12.2 Å². The van der Waals surface area contributed by atoms with Crippen LogP contribution in [0.3, 0.4) is 0 Å². The van der Waals surface area contributed by atoms with Gasteiger partial charge in [0.05, 0.1) is 18.4 Å². The fourth-order valence-corrected chi connectivity index (χ4v) is 1.73. The van der Waals surface area contributed by atoms with Crippen molar-refractivity contribution in [2.24, 2.45) is 0 Å². The van der Waals surface area contributed by atoms with Crippen molar-refractivity contribution >= 4 is 22.4 Å². The second kappa shape index (κ2) is 6.39. The molecule has 18 heavy (non-hydrogen) atoms. The van der Waals surface area contributed by atoms with Crippen molar-refractivity contribution in [1.82, 2.24) is 5.32 Å². The summed E-state index contributed by atoms with van der Waals surface area (Å²) < 4.78 is 16.3. The molecule has 2 unspecified atom stereocenters. The highest BCUT2D eigenvalue weighted by Crippen LogP contribution is 2.25. The number of nitrogens with two attached hydrogens (primary N) is 1. The Labute approximate surface area is 109 Å². The van der Waals surface area contributed by atoms with Gasteiger partial charge in [0.1, 0.15) is 0 Å². The Balaban J connectivity index is 2.79. The lowest BCUT2D eigenvalue weighted by Gasteiger charge is -2.13. The molecule has 1 aromatic rings. The number of hydrogen-bond donors (Lipinski definition) is 2. The first-order valence-electron chi connectivity index (χ1n) is 5.50. The first-order valence-corrected chi connectivity index (χ1v) is 7.12. The maximum Gasteiger partial charge on any atom is 0.255 e. The van der Waals surface area contributed by atoms with Crippen LogP contribution in [0.2, 0.25) is 0 Å². The molecule has 1 rings (SSSR count). The first kappa shape index (κ1) is 14.5. The third-order valence-electron chi connectivity index (χ3n) is 2.61. The normalized spacial score (nSPS) is 13.7. The molecule has 0 aliphatic heterocycles. The van der Waals surface area contributed by atoms with Crippen molar-refractivity contribution < 1.29 is 13.7 Å². The van der Waals surface area contributed by atoms with Crippen molar-refractivity contribution in [3.8, 4) is 5.75 Å². The van der Waals surface area contributed by atoms with Crippen LogP contribution in [-0.4, -0.2) is 35.3 Å². The fraction of sp³-hybridized carbons (Fsp3) is 0.417. The third kappa shape index (κ3) is 3.46. The third-order valence-corrected chi connectivity index (χ3v) is 3.91. The van der Waals surface area contributed by atoms with E-state index < -0.39 is 10.8 Å². The summed E-state index contributed by atoms with van der Waals surface area (Å²) in [6, 6.07) is 4.99. The van der Waals surface area contributed by atoms with Gasteiger partial charge in [-0.3, -0.25) is 9.00 Å². The van der Waals surface area contributed by atoms with E-state index in [4.69, 9.17) is 10.5 Å². The molecular formula is C12H18N2O3S. The molecule has 6 heteroatoms. The molecule has 3 N–H and O–H groups in total. The van der Waals surface area contributed by atoms with E-state index in [-0.39, 0.29) is 11.2 Å². The molecule has 0 spiro atoms. The molecule has 0 fully saturated rings. The Kier molecular flexibility index (Phi) is 5.15. The van der Waals surface area contributed by atoms with Gasteiger partial charge in [0.25, 0.3) is 5.91 Å². The SMILES string of the molecule is COc1c(N)cccc1C(=O)NCC(C)S(C)=O. The number of ether oxygens (including phenoxy) is 1. The minimum atomic E-state index is -0.965. The van der Waals surface area contributed by atoms with Crippen molar-refractivity contribution in [3.63, 3.8) is 0 Å². The summed E-state index contributed by atoms with van der Waals surface area (Å²) in [5.74, 6) is 0.0803. The molecule has 0 saturated carbocycles. The second-order valence-electron chi connectivity index (χ2n) is 3.95. The predicted molar refractivity (Wildman–Crippen MR) is 73.3 cm³/mol. The number of nitrogen functional groups attached to an aromatic ring is 1. The van der Waals surface area contributed by atoms with Gasteiger partial charge in [0.15, 0.2) is 5.75 Å². The van der Waals surface area contributed by atoms with Crippen LogP contribution < -0.4 is 15.8 Å². The Bertz CT molecular complexity index is 463. The highest BCUT2D eigenvalue weighted by Gasteiger charge is 2.15. The molecule has 2 atom stereocenters. The Morgan fingerprint density at radius 2 is 2.22 bits per heavy atom. The predicted octanol–water partition coefficient (Wildman–Crippen LogP) is 0.774. The number of para-hydroxylation sites is 1. The number of carbonyl (C=O) groups is 1. The van der Waals surface area contributed by atoms with Gasteiger partial charge in [-0.25, -0.2) is 0 Å². The van der Waals surface area contributed by atoms with E-state index >= 15 is 0 Å². The molecule has 0 radical (unpaired) electrons. The number of hydrogen-bond acceptors (Lipinski definition) is 4. The molecule has 5 nitrogen and oxygen atoms in total. The summed E-state index contributed by atoms with van der Waals surface area (Å²) in [6.07, 6.45) is 1.61. The minimum Gasteiger partial charge on any atom is -0.494 e. The van der Waals surface area contributed by atoms with Crippen LogP contribution in [0.4, 0.5) is 5.69 Å². The topological polar surface area (TPSA) is 81.4 Å². The van der Waals surface area contributed by atoms with Gasteiger partial charge in [0, 0.05) is 28.9 Å². The molecule has 0 bridgehead atoms. The second-order valence-corrected chi connectivity index (χ2v) is 5.75. The first-order chi connectivity index (χ1) is 8.47. The largest absolute Gasteiger partial charge is 0.494 e. The van der Waals surface area contributed by atoms with Gasteiger partial charge >= 0.3 is 0 Å². The maximum atomic E-state index is 12.0. The van der Waals surface area contributed by atoms with E-state index in [1.807, 2.05) is 6.92 Å². The average Bonchev–Trinajstić information content (AvgIpc) is 2.34. The number of benzene rings is 1. The summed E-state index contributed by atoms with van der Waals surface area (Å²) in [5.41, 5.74) is 6.52. The van der Waals surface area contributed by atoms with Crippen LogP contribution in [0, 0.1) is 0 Å². The Morgan fingerprint density at radius 1 is 1.56 bits per heavy atom. The highest BCUT2D eigenvalue weighted by atomic mass is 32.2. The molecule has 100 valence electrons. The minimum absolute atomic E-state index is 0.0963. The van der Waals surface area contributed by atoms with Crippen LogP contribution in [-0.2, 0) is 10.8 Å². The zero-order chi connectivity index (χ0) is 13.7. The Hall–Kier alpha value is -1.56. The maximum absolute atomic E-state index is 12.0. The average molecular weight is 270 g/mol. The van der Waals surface area contributed by atoms with E-state index in [1.54, 1.807) is 24.5 Å². The Morgan fingerprint density at radius 3 is 2.78 bits per heavy atom. The van der Waals surface area contributed by atoms with Crippen LogP contribution in [0.1, 0.15) is 17.3 Å². The quantitative estimate of drug-likeness (QED) is 0.775. The highest BCUT2D eigenvalue weighted by molar-refractivity contribution is 7.84. The van der Waals surface area contributed by atoms with Gasteiger partial charge in [-0.05, 0) is 19.1 Å². The van der Waals surface area contributed by atoms with Crippen molar-refractivity contribution in [3.05, 3.63) is 23.8 Å². The summed E-state index contributed by atoms with van der Waals surface area (Å²) in [6.45, 7) is 2.16. The van der Waals surface area contributed by atoms with Crippen LogP contribution in [0.25, 0.3) is 0 Å². The van der Waals surface area contributed by atoms with Crippen molar-refractivity contribution in [1.29, 1.82) is 0 Å². The van der Waals surface area contributed by atoms with Gasteiger partial charge in [0.2, 0.25) is 0 Å². The summed E-state index contributed by atoms with van der Waals surface area (Å²) in [4.78, 5) is 12.0. The molecule has 0 saturated heterocycles. The van der Waals surface area contributed by atoms with Crippen molar-refractivity contribution in [2.75, 3.05) is 25.6 Å². The number of nitrogens with one attached hydrogen (secondary N) is 1. The van der Waals surface area contributed by atoms with Crippen LogP contribution >= 0.6 is 0 Å². The number of amides is 1. The zero-order valence-electron chi connectivity index (χ0n) is 10.7. The lowest BCUT2D eigenvalue weighted by molar-refractivity contribution is 0.0951. The number of anilines is 1. The van der Waals surface area contributed by atoms with Crippen LogP contribution in [0.15, 0.2) is 18.2 Å². The van der Waals surface area contributed by atoms with E-state index in [9.17, 15) is 9.00 Å². The molecule has 0 aliphatic carbocycles. The van der Waals surface area contributed by atoms with Gasteiger partial charge in [-0.1, -0.05) is 6.07 Å². The van der Waals surface area contributed by atoms with E-state index in [2.05, 4.69) is 5.32 Å². The van der Waals surface area contributed by atoms with Crippen LogP contribution in [0.5, 0.6) is 5.75 Å². The van der Waals surface area contributed by atoms with Gasteiger partial charge in [-0.2, -0.15) is 0 Å². The summed E-state index contributed by atoms with van der Waals surface area (Å²) >= 11 is 0. The van der Waals surface area contributed by atoms with Gasteiger partial charge in [-0.15, -0.1) is 0 Å². The van der Waals surface area contributed by atoms with Gasteiger partial charge < -0.3 is 15.8 Å². The fourth-order valence-electron chi connectivity index (χ4n) is 1.41. The summed E-state index contributed by atoms with van der Waals surface area (Å²) in [7, 11) is 0.499. The number of methoxy groups -OCH3 is 1. The molecule has 0 aromatic heterocycles. The standard InChI is InChI=1S/C12H18N2O3S/c1-8(18(3)16)7-14-12(15)9-5-4-6-10(13)11(9)17-2/h4-6,8H,7,13H2,1-3H3,(H,14,15). The molecule has 0 aliphatic rings. The van der Waals surface area contributed by atoms with E-state index in [1.165, 1.54) is 7.11 Å². The molecular weight excluding hydrogens is 252 g/mol. The number of carbonyl (C=O) groups excluding carboxylic acids is 1. The monoisotopic (exact) mass is 270 g/mol. The molecule has 1 amide bonds.